The third-order valence-electron chi connectivity index (χ3n) is 2.10. The molecule has 0 aliphatic rings. The van der Waals surface area contributed by atoms with Gasteiger partial charge in [-0.05, 0) is 24.6 Å². The van der Waals surface area contributed by atoms with Crippen LogP contribution in [0.1, 0.15) is 30.1 Å². The fourth-order valence-electron chi connectivity index (χ4n) is 1.20. The van der Waals surface area contributed by atoms with Crippen molar-refractivity contribution in [1.82, 2.24) is 0 Å². The quantitative estimate of drug-likeness (QED) is 0.552. The second kappa shape index (κ2) is 6.33. The third kappa shape index (κ3) is 3.70. The summed E-state index contributed by atoms with van der Waals surface area (Å²) in [4.78, 5) is 11.4. The number of benzene rings is 1. The van der Waals surface area contributed by atoms with Crippen LogP contribution in [-0.2, 0) is 4.74 Å². The van der Waals surface area contributed by atoms with Gasteiger partial charge in [0.05, 0.1) is 5.56 Å². The highest BCUT2D eigenvalue weighted by atomic mass is 19.1. The molecule has 16 heavy (non-hydrogen) atoms. The van der Waals surface area contributed by atoms with Gasteiger partial charge >= 0.3 is 0 Å². The molecule has 0 saturated heterocycles. The second-order valence-corrected chi connectivity index (χ2v) is 3.45. The summed E-state index contributed by atoms with van der Waals surface area (Å²) < 4.78 is 31.0. The first-order chi connectivity index (χ1) is 7.65. The summed E-state index contributed by atoms with van der Waals surface area (Å²) in [5.74, 6) is -1.88. The predicted molar refractivity (Wildman–Crippen MR) is 56.4 cm³/mol. The number of carbonyl (C=O) groups is 1. The van der Waals surface area contributed by atoms with E-state index in [2.05, 4.69) is 0 Å². The molecule has 0 aromatic heterocycles. The molecule has 0 atom stereocenters. The van der Waals surface area contributed by atoms with E-state index in [1.54, 1.807) is 0 Å². The van der Waals surface area contributed by atoms with E-state index in [-0.39, 0.29) is 12.2 Å². The maximum Gasteiger partial charge on any atom is 0.191 e. The number of hydrogen-bond donors (Lipinski definition) is 0. The first-order valence-corrected chi connectivity index (χ1v) is 5.21. The second-order valence-electron chi connectivity index (χ2n) is 3.45. The molecule has 0 bridgehead atoms. The minimum Gasteiger partial charge on any atom is -0.373 e. The van der Waals surface area contributed by atoms with E-state index < -0.39 is 17.4 Å². The Kier molecular flexibility index (Phi) is 5.05. The van der Waals surface area contributed by atoms with Gasteiger partial charge in [0.15, 0.2) is 5.78 Å². The zero-order chi connectivity index (χ0) is 12.0. The fraction of sp³-hybridized carbons (Fsp3) is 0.417. The molecule has 1 aromatic rings. The normalized spacial score (nSPS) is 10.4. The number of ketones is 1. The van der Waals surface area contributed by atoms with Crippen LogP contribution in [0.25, 0.3) is 0 Å². The minimum absolute atomic E-state index is 0.208. The largest absolute Gasteiger partial charge is 0.373 e. The third-order valence-corrected chi connectivity index (χ3v) is 2.10. The Morgan fingerprint density at radius 1 is 1.38 bits per heavy atom. The lowest BCUT2D eigenvalue weighted by molar-refractivity contribution is 0.0750. The van der Waals surface area contributed by atoms with Crippen molar-refractivity contribution in [3.8, 4) is 0 Å². The van der Waals surface area contributed by atoms with Crippen molar-refractivity contribution in [3.05, 3.63) is 35.4 Å². The zero-order valence-corrected chi connectivity index (χ0v) is 9.13. The molecule has 2 nitrogen and oxygen atoms in total. The molecular formula is C12H14F2O2. The summed E-state index contributed by atoms with van der Waals surface area (Å²) >= 11 is 0. The van der Waals surface area contributed by atoms with E-state index in [1.165, 1.54) is 0 Å². The average molecular weight is 228 g/mol. The lowest BCUT2D eigenvalue weighted by atomic mass is 10.1. The van der Waals surface area contributed by atoms with Gasteiger partial charge in [-0.2, -0.15) is 0 Å². The molecule has 4 heteroatoms. The lowest BCUT2D eigenvalue weighted by Gasteiger charge is -2.04. The molecular weight excluding hydrogens is 214 g/mol. The van der Waals surface area contributed by atoms with E-state index in [0.717, 1.165) is 31.0 Å². The maximum absolute atomic E-state index is 13.2. The number of Topliss-reactive ketones (excluding diaryl/α,β-unsaturated/α-hetero) is 1. The standard InChI is InChI=1S/C12H14F2O2/c1-2-3-6-16-8-12(15)10-7-9(13)4-5-11(10)14/h4-5,7H,2-3,6,8H2,1H3. The summed E-state index contributed by atoms with van der Waals surface area (Å²) in [6.07, 6.45) is 1.81. The number of carbonyl (C=O) groups excluding carboxylic acids is 1. The Morgan fingerprint density at radius 2 is 2.12 bits per heavy atom. The van der Waals surface area contributed by atoms with Crippen LogP contribution in [0.2, 0.25) is 0 Å². The molecule has 0 amide bonds. The van der Waals surface area contributed by atoms with E-state index in [9.17, 15) is 13.6 Å². The molecule has 0 aliphatic heterocycles. The number of rotatable bonds is 6. The van der Waals surface area contributed by atoms with Gasteiger partial charge in [-0.25, -0.2) is 8.78 Å². The van der Waals surface area contributed by atoms with Gasteiger partial charge in [-0.1, -0.05) is 13.3 Å². The van der Waals surface area contributed by atoms with Gasteiger partial charge in [-0.3, -0.25) is 4.79 Å². The number of halogens is 2. The Labute approximate surface area is 93.2 Å². The first-order valence-electron chi connectivity index (χ1n) is 5.21. The topological polar surface area (TPSA) is 26.3 Å². The van der Waals surface area contributed by atoms with Crippen molar-refractivity contribution in [2.75, 3.05) is 13.2 Å². The molecule has 0 saturated carbocycles. The molecule has 88 valence electrons. The fourth-order valence-corrected chi connectivity index (χ4v) is 1.20. The van der Waals surface area contributed by atoms with Gasteiger partial charge in [0.25, 0.3) is 0 Å². The monoisotopic (exact) mass is 228 g/mol. The smallest absolute Gasteiger partial charge is 0.191 e. The molecule has 0 spiro atoms. The number of unbranched alkanes of at least 4 members (excludes halogenated alkanes) is 1. The van der Waals surface area contributed by atoms with Gasteiger partial charge in [0, 0.05) is 6.61 Å². The van der Waals surface area contributed by atoms with Gasteiger partial charge in [0.1, 0.15) is 18.2 Å². The molecule has 0 heterocycles. The summed E-state index contributed by atoms with van der Waals surface area (Å²) in [6, 6.07) is 2.81. The summed E-state index contributed by atoms with van der Waals surface area (Å²) in [7, 11) is 0. The van der Waals surface area contributed by atoms with E-state index in [1.807, 2.05) is 6.92 Å². The number of hydrogen-bond acceptors (Lipinski definition) is 2. The van der Waals surface area contributed by atoms with Crippen molar-refractivity contribution < 1.29 is 18.3 Å². The van der Waals surface area contributed by atoms with Crippen LogP contribution >= 0.6 is 0 Å². The van der Waals surface area contributed by atoms with Gasteiger partial charge in [-0.15, -0.1) is 0 Å². The molecule has 0 fully saturated rings. The van der Waals surface area contributed by atoms with Crippen LogP contribution in [0.5, 0.6) is 0 Å². The van der Waals surface area contributed by atoms with Crippen LogP contribution in [0.4, 0.5) is 8.78 Å². The van der Waals surface area contributed by atoms with Crippen LogP contribution in [0, 0.1) is 11.6 Å². The summed E-state index contributed by atoms with van der Waals surface area (Å²) in [5, 5.41) is 0. The predicted octanol–water partition coefficient (Wildman–Crippen LogP) is 2.96. The van der Waals surface area contributed by atoms with E-state index >= 15 is 0 Å². The first kappa shape index (κ1) is 12.8. The SMILES string of the molecule is CCCCOCC(=O)c1cc(F)ccc1F. The molecule has 0 N–H and O–H groups in total. The maximum atomic E-state index is 13.2. The highest BCUT2D eigenvalue weighted by molar-refractivity contribution is 5.97. The summed E-state index contributed by atoms with van der Waals surface area (Å²) in [6.45, 7) is 2.25. The van der Waals surface area contributed by atoms with Crippen LogP contribution in [0.15, 0.2) is 18.2 Å². The van der Waals surface area contributed by atoms with Gasteiger partial charge in [0.2, 0.25) is 0 Å². The Hall–Kier alpha value is -1.29. The summed E-state index contributed by atoms with van der Waals surface area (Å²) in [5.41, 5.74) is -0.253. The molecule has 0 radical (unpaired) electrons. The average Bonchev–Trinajstić information content (AvgIpc) is 2.27. The van der Waals surface area contributed by atoms with E-state index in [0.29, 0.717) is 6.61 Å². The molecule has 0 unspecified atom stereocenters. The van der Waals surface area contributed by atoms with Crippen molar-refractivity contribution in [2.24, 2.45) is 0 Å². The van der Waals surface area contributed by atoms with Crippen molar-refractivity contribution >= 4 is 5.78 Å². The molecule has 1 rings (SSSR count). The van der Waals surface area contributed by atoms with Crippen molar-refractivity contribution in [3.63, 3.8) is 0 Å². The Balaban J connectivity index is 2.55. The van der Waals surface area contributed by atoms with Crippen molar-refractivity contribution in [2.45, 2.75) is 19.8 Å². The highest BCUT2D eigenvalue weighted by Crippen LogP contribution is 2.10. The van der Waals surface area contributed by atoms with Gasteiger partial charge < -0.3 is 4.74 Å². The van der Waals surface area contributed by atoms with Crippen LogP contribution in [0.3, 0.4) is 0 Å². The molecule has 0 aliphatic carbocycles. The van der Waals surface area contributed by atoms with E-state index in [4.69, 9.17) is 4.74 Å². The Morgan fingerprint density at radius 3 is 2.81 bits per heavy atom. The van der Waals surface area contributed by atoms with Crippen LogP contribution < -0.4 is 0 Å². The van der Waals surface area contributed by atoms with Crippen LogP contribution in [-0.4, -0.2) is 19.0 Å². The zero-order valence-electron chi connectivity index (χ0n) is 9.13. The number of ether oxygens (including phenoxy) is 1. The molecule has 1 aromatic carbocycles. The minimum atomic E-state index is -0.717. The highest BCUT2D eigenvalue weighted by Gasteiger charge is 2.12. The Bertz CT molecular complexity index is 364. The van der Waals surface area contributed by atoms with Crippen molar-refractivity contribution in [1.29, 1.82) is 0 Å². The lowest BCUT2D eigenvalue weighted by Crippen LogP contribution is -2.12.